The van der Waals surface area contributed by atoms with Crippen LogP contribution in [0.15, 0.2) is 48.6 Å². The first-order chi connectivity index (χ1) is 9.16. The first-order valence-electron chi connectivity index (χ1n) is 5.46. The molecule has 0 aliphatic carbocycles. The van der Waals surface area contributed by atoms with E-state index in [2.05, 4.69) is 15.3 Å². The molecule has 6 heteroatoms. The third-order valence-electron chi connectivity index (χ3n) is 2.33. The topological polar surface area (TPSA) is 95.1 Å². The minimum Gasteiger partial charge on any atom is -0.477 e. The van der Waals surface area contributed by atoms with Gasteiger partial charge in [-0.05, 0) is 18.2 Å². The Kier molecular flexibility index (Phi) is 3.72. The molecule has 0 atom stereocenters. The van der Waals surface area contributed by atoms with Crippen molar-refractivity contribution >= 4 is 18.0 Å². The second-order valence-electron chi connectivity index (χ2n) is 3.69. The zero-order valence-corrected chi connectivity index (χ0v) is 9.83. The van der Waals surface area contributed by atoms with Crippen LogP contribution in [0.2, 0.25) is 0 Å². The maximum Gasteiger partial charge on any atom is 0.352 e. The third kappa shape index (κ3) is 3.29. The molecule has 0 aliphatic heterocycles. The summed E-state index contributed by atoms with van der Waals surface area (Å²) in [5.74, 6) is -1.70. The maximum absolute atomic E-state index is 11.8. The second kappa shape index (κ2) is 5.63. The highest BCUT2D eigenvalue weighted by Crippen LogP contribution is 2.04. The lowest BCUT2D eigenvalue weighted by molar-refractivity contribution is -0.132. The normalized spacial score (nSPS) is 11.1. The Bertz CT molecular complexity index is 603. The van der Waals surface area contributed by atoms with Gasteiger partial charge in [-0.2, -0.15) is 0 Å². The number of nitrogens with zero attached hydrogens (tertiary/aromatic N) is 1. The summed E-state index contributed by atoms with van der Waals surface area (Å²) in [6, 6.07) is 8.38. The van der Waals surface area contributed by atoms with Crippen LogP contribution in [0.1, 0.15) is 16.1 Å². The quantitative estimate of drug-likeness (QED) is 0.719. The van der Waals surface area contributed by atoms with Gasteiger partial charge in [-0.3, -0.25) is 4.79 Å². The Morgan fingerprint density at radius 2 is 2.00 bits per heavy atom. The van der Waals surface area contributed by atoms with Crippen LogP contribution in [-0.2, 0) is 4.79 Å². The number of hydrogen-bond acceptors (Lipinski definition) is 3. The highest BCUT2D eigenvalue weighted by atomic mass is 16.4. The third-order valence-corrected chi connectivity index (χ3v) is 2.33. The first kappa shape index (κ1) is 12.6. The summed E-state index contributed by atoms with van der Waals surface area (Å²) in [6.07, 6.45) is 4.18. The van der Waals surface area contributed by atoms with Crippen molar-refractivity contribution in [3.8, 4) is 0 Å². The highest BCUT2D eigenvalue weighted by Gasteiger charge is 2.13. The number of aromatic amines is 1. The van der Waals surface area contributed by atoms with Crippen LogP contribution in [0.5, 0.6) is 0 Å². The molecule has 6 nitrogen and oxygen atoms in total. The molecule has 0 spiro atoms. The fourth-order valence-corrected chi connectivity index (χ4v) is 1.44. The molecule has 1 aromatic heterocycles. The van der Waals surface area contributed by atoms with Crippen LogP contribution in [0.3, 0.4) is 0 Å². The fourth-order valence-electron chi connectivity index (χ4n) is 1.44. The number of rotatable bonds is 4. The zero-order valence-electron chi connectivity index (χ0n) is 9.83. The van der Waals surface area contributed by atoms with E-state index in [-0.39, 0.29) is 5.70 Å². The molecule has 0 saturated carbocycles. The van der Waals surface area contributed by atoms with E-state index in [4.69, 9.17) is 5.11 Å². The number of benzene rings is 1. The van der Waals surface area contributed by atoms with Gasteiger partial charge in [0.05, 0.1) is 18.2 Å². The van der Waals surface area contributed by atoms with Gasteiger partial charge in [-0.15, -0.1) is 0 Å². The monoisotopic (exact) mass is 257 g/mol. The van der Waals surface area contributed by atoms with Gasteiger partial charge in [0, 0.05) is 5.56 Å². The summed E-state index contributed by atoms with van der Waals surface area (Å²) in [4.78, 5) is 29.4. The summed E-state index contributed by atoms with van der Waals surface area (Å²) < 4.78 is 0. The predicted molar refractivity (Wildman–Crippen MR) is 68.1 cm³/mol. The van der Waals surface area contributed by atoms with Gasteiger partial charge in [0.25, 0.3) is 5.91 Å². The van der Waals surface area contributed by atoms with Crippen LogP contribution in [0, 0.1) is 0 Å². The Morgan fingerprint density at radius 3 is 2.58 bits per heavy atom. The van der Waals surface area contributed by atoms with Crippen molar-refractivity contribution in [2.45, 2.75) is 0 Å². The summed E-state index contributed by atoms with van der Waals surface area (Å²) in [5.41, 5.74) is 0.656. The summed E-state index contributed by atoms with van der Waals surface area (Å²) in [5, 5.41) is 11.4. The van der Waals surface area contributed by atoms with E-state index < -0.39 is 11.9 Å². The Morgan fingerprint density at radius 1 is 1.26 bits per heavy atom. The van der Waals surface area contributed by atoms with Crippen LogP contribution in [-0.4, -0.2) is 27.0 Å². The number of aromatic nitrogens is 2. The lowest BCUT2D eigenvalue weighted by atomic mass is 10.2. The van der Waals surface area contributed by atoms with Crippen LogP contribution < -0.4 is 5.32 Å². The van der Waals surface area contributed by atoms with Crippen molar-refractivity contribution < 1.29 is 14.7 Å². The molecule has 3 N–H and O–H groups in total. The minimum absolute atomic E-state index is 0.224. The van der Waals surface area contributed by atoms with Crippen LogP contribution in [0.25, 0.3) is 6.08 Å². The predicted octanol–water partition coefficient (Wildman–Crippen LogP) is 1.27. The zero-order chi connectivity index (χ0) is 13.7. The molecule has 1 amide bonds. The van der Waals surface area contributed by atoms with E-state index in [9.17, 15) is 9.59 Å². The van der Waals surface area contributed by atoms with Crippen molar-refractivity contribution in [1.82, 2.24) is 15.3 Å². The van der Waals surface area contributed by atoms with Crippen LogP contribution >= 0.6 is 0 Å². The Hall–Kier alpha value is -2.89. The van der Waals surface area contributed by atoms with E-state index in [1.165, 1.54) is 18.6 Å². The summed E-state index contributed by atoms with van der Waals surface area (Å²) in [6.45, 7) is 0. The number of carbonyl (C=O) groups excluding carboxylic acids is 1. The van der Waals surface area contributed by atoms with Crippen LogP contribution in [0.4, 0.5) is 0 Å². The molecule has 0 fully saturated rings. The highest BCUT2D eigenvalue weighted by molar-refractivity contribution is 6.02. The van der Waals surface area contributed by atoms with E-state index in [0.717, 1.165) is 0 Å². The lowest BCUT2D eigenvalue weighted by Gasteiger charge is -2.05. The number of nitrogens with one attached hydrogen (secondary N) is 2. The van der Waals surface area contributed by atoms with E-state index in [0.29, 0.717) is 11.3 Å². The van der Waals surface area contributed by atoms with E-state index in [1.807, 2.05) is 0 Å². The standard InChI is InChI=1S/C13H11N3O3/c17-12(9-4-2-1-3-5-9)16-11(13(18)19)6-10-7-14-8-15-10/h1-8H,(H,14,15)(H,16,17)(H,18,19)/b11-6+. The van der Waals surface area contributed by atoms with E-state index >= 15 is 0 Å². The number of carboxylic acids is 1. The molecule has 1 heterocycles. The minimum atomic E-state index is -1.22. The number of carboxylic acid groups (broad SMARTS) is 1. The van der Waals surface area contributed by atoms with Gasteiger partial charge in [0.2, 0.25) is 0 Å². The Balaban J connectivity index is 2.19. The average molecular weight is 257 g/mol. The number of H-pyrrole nitrogens is 1. The SMILES string of the molecule is O=C(O)/C(=C\c1cnc[nH]1)NC(=O)c1ccccc1. The van der Waals surface area contributed by atoms with E-state index in [1.54, 1.807) is 30.3 Å². The lowest BCUT2D eigenvalue weighted by Crippen LogP contribution is -2.27. The second-order valence-corrected chi connectivity index (χ2v) is 3.69. The molecule has 19 heavy (non-hydrogen) atoms. The van der Waals surface area contributed by atoms with Crippen molar-refractivity contribution in [2.75, 3.05) is 0 Å². The number of aliphatic carboxylic acids is 1. The van der Waals surface area contributed by atoms with Gasteiger partial charge in [0.15, 0.2) is 0 Å². The van der Waals surface area contributed by atoms with Gasteiger partial charge in [-0.25, -0.2) is 9.78 Å². The first-order valence-corrected chi connectivity index (χ1v) is 5.46. The number of hydrogen-bond donors (Lipinski definition) is 3. The number of imidazole rings is 1. The molecule has 0 bridgehead atoms. The molecule has 1 aromatic carbocycles. The maximum atomic E-state index is 11.8. The molecule has 0 radical (unpaired) electrons. The number of amides is 1. The van der Waals surface area contributed by atoms with Crippen molar-refractivity contribution in [3.05, 3.63) is 59.8 Å². The smallest absolute Gasteiger partial charge is 0.352 e. The summed E-state index contributed by atoms with van der Waals surface area (Å²) >= 11 is 0. The largest absolute Gasteiger partial charge is 0.477 e. The Labute approximate surface area is 108 Å². The van der Waals surface area contributed by atoms with Gasteiger partial charge >= 0.3 is 5.97 Å². The molecular weight excluding hydrogens is 246 g/mol. The van der Waals surface area contributed by atoms with Gasteiger partial charge < -0.3 is 15.4 Å². The van der Waals surface area contributed by atoms with Crippen molar-refractivity contribution in [2.24, 2.45) is 0 Å². The average Bonchev–Trinajstić information content (AvgIpc) is 2.91. The fraction of sp³-hybridized carbons (Fsp3) is 0. The van der Waals surface area contributed by atoms with Crippen molar-refractivity contribution in [1.29, 1.82) is 0 Å². The van der Waals surface area contributed by atoms with Gasteiger partial charge in [0.1, 0.15) is 5.70 Å². The van der Waals surface area contributed by atoms with Gasteiger partial charge in [-0.1, -0.05) is 18.2 Å². The molecule has 2 rings (SSSR count). The summed E-state index contributed by atoms with van der Waals surface area (Å²) in [7, 11) is 0. The number of carbonyl (C=O) groups is 2. The van der Waals surface area contributed by atoms with Crippen molar-refractivity contribution in [3.63, 3.8) is 0 Å². The molecule has 0 unspecified atom stereocenters. The molecule has 0 aliphatic rings. The molecule has 0 saturated heterocycles. The molecule has 96 valence electrons. The molecular formula is C13H11N3O3. The molecule has 2 aromatic rings.